The number of carbonyl (C=O) groups is 1. The molecule has 1 aliphatic rings. The predicted molar refractivity (Wildman–Crippen MR) is 114 cm³/mol. The van der Waals surface area contributed by atoms with Gasteiger partial charge in [0.25, 0.3) is 0 Å². The van der Waals surface area contributed by atoms with E-state index in [1.54, 1.807) is 11.3 Å². The molecule has 1 N–H and O–H groups in total. The Balaban J connectivity index is 1.38. The second-order valence-corrected chi connectivity index (χ2v) is 8.36. The summed E-state index contributed by atoms with van der Waals surface area (Å²) < 4.78 is 5.68. The van der Waals surface area contributed by atoms with Gasteiger partial charge in [0.2, 0.25) is 0 Å². The molecule has 1 aromatic heterocycles. The lowest BCUT2D eigenvalue weighted by molar-refractivity contribution is 0.190. The molecule has 0 bridgehead atoms. The lowest BCUT2D eigenvalue weighted by Crippen LogP contribution is -2.53. The van der Waals surface area contributed by atoms with Crippen LogP contribution in [0.25, 0.3) is 0 Å². The van der Waals surface area contributed by atoms with Crippen molar-refractivity contribution in [2.75, 3.05) is 31.1 Å². The van der Waals surface area contributed by atoms with Crippen molar-refractivity contribution < 1.29 is 9.53 Å². The van der Waals surface area contributed by atoms with Crippen LogP contribution < -0.4 is 15.0 Å². The van der Waals surface area contributed by atoms with Gasteiger partial charge in [0, 0.05) is 43.8 Å². The van der Waals surface area contributed by atoms with Crippen molar-refractivity contribution in [2.45, 2.75) is 45.8 Å². The first-order chi connectivity index (χ1) is 13.5. The highest BCUT2D eigenvalue weighted by Gasteiger charge is 2.23. The molecule has 0 aliphatic carbocycles. The van der Waals surface area contributed by atoms with Gasteiger partial charge in [0.15, 0.2) is 5.13 Å². The number of rotatable bonds is 7. The third-order valence-corrected chi connectivity index (χ3v) is 5.62. The van der Waals surface area contributed by atoms with Gasteiger partial charge in [-0.25, -0.2) is 9.78 Å². The van der Waals surface area contributed by atoms with E-state index in [1.165, 1.54) is 5.56 Å². The number of aryl methyl sites for hydroxylation is 1. The zero-order valence-electron chi connectivity index (χ0n) is 16.9. The monoisotopic (exact) mass is 402 g/mol. The van der Waals surface area contributed by atoms with Gasteiger partial charge in [0.1, 0.15) is 5.75 Å². The van der Waals surface area contributed by atoms with E-state index in [9.17, 15) is 4.79 Å². The number of anilines is 1. The lowest BCUT2D eigenvalue weighted by atomic mass is 10.1. The van der Waals surface area contributed by atoms with Crippen LogP contribution in [0.1, 0.15) is 32.8 Å². The second kappa shape index (κ2) is 9.78. The van der Waals surface area contributed by atoms with Gasteiger partial charge in [-0.05, 0) is 51.3 Å². The minimum Gasteiger partial charge on any atom is -0.491 e. The summed E-state index contributed by atoms with van der Waals surface area (Å²) in [6, 6.07) is 8.40. The van der Waals surface area contributed by atoms with E-state index in [1.807, 2.05) is 42.5 Å². The lowest BCUT2D eigenvalue weighted by Gasteiger charge is -2.35. The molecule has 152 valence electrons. The van der Waals surface area contributed by atoms with Crippen LogP contribution in [0.2, 0.25) is 0 Å². The SMILES string of the molecule is CC(CCc1ccc(OC(C)C)cc1)NC(=O)N1CCN(c2nccs2)CC1. The molecule has 3 rings (SSSR count). The highest BCUT2D eigenvalue weighted by molar-refractivity contribution is 7.13. The molecule has 7 heteroatoms. The van der Waals surface area contributed by atoms with Crippen LogP contribution in [0, 0.1) is 0 Å². The first kappa shape index (κ1) is 20.5. The maximum Gasteiger partial charge on any atom is 0.317 e. The Hall–Kier alpha value is -2.28. The summed E-state index contributed by atoms with van der Waals surface area (Å²) in [5.74, 6) is 0.900. The van der Waals surface area contributed by atoms with E-state index in [0.717, 1.165) is 49.9 Å². The normalized spacial score (nSPS) is 15.6. The van der Waals surface area contributed by atoms with E-state index < -0.39 is 0 Å². The minimum absolute atomic E-state index is 0.0342. The van der Waals surface area contributed by atoms with Crippen molar-refractivity contribution in [3.8, 4) is 5.75 Å². The number of piperazine rings is 1. The van der Waals surface area contributed by atoms with Crippen LogP contribution in [0.4, 0.5) is 9.93 Å². The molecule has 0 saturated carbocycles. The molecule has 28 heavy (non-hydrogen) atoms. The molecular formula is C21H30N4O2S. The Morgan fingerprint density at radius 2 is 1.89 bits per heavy atom. The van der Waals surface area contributed by atoms with Crippen LogP contribution >= 0.6 is 11.3 Å². The number of thiazole rings is 1. The number of nitrogens with zero attached hydrogens (tertiary/aromatic N) is 3. The molecule has 2 amide bonds. The number of aromatic nitrogens is 1. The van der Waals surface area contributed by atoms with Gasteiger partial charge >= 0.3 is 6.03 Å². The van der Waals surface area contributed by atoms with E-state index in [-0.39, 0.29) is 18.2 Å². The Morgan fingerprint density at radius 3 is 2.50 bits per heavy atom. The fraction of sp³-hybridized carbons (Fsp3) is 0.524. The number of ether oxygens (including phenoxy) is 1. The Morgan fingerprint density at radius 1 is 1.18 bits per heavy atom. The van der Waals surface area contributed by atoms with Gasteiger partial charge in [0.05, 0.1) is 6.10 Å². The van der Waals surface area contributed by atoms with E-state index in [2.05, 4.69) is 34.3 Å². The van der Waals surface area contributed by atoms with E-state index in [0.29, 0.717) is 0 Å². The van der Waals surface area contributed by atoms with Crippen molar-refractivity contribution >= 4 is 22.5 Å². The van der Waals surface area contributed by atoms with Gasteiger partial charge in [-0.3, -0.25) is 0 Å². The molecule has 0 radical (unpaired) electrons. The summed E-state index contributed by atoms with van der Waals surface area (Å²) in [6.45, 7) is 9.25. The smallest absolute Gasteiger partial charge is 0.317 e. The maximum absolute atomic E-state index is 12.5. The molecule has 1 aromatic carbocycles. The molecule has 1 fully saturated rings. The zero-order chi connectivity index (χ0) is 19.9. The van der Waals surface area contributed by atoms with Gasteiger partial charge in [-0.15, -0.1) is 11.3 Å². The maximum atomic E-state index is 12.5. The summed E-state index contributed by atoms with van der Waals surface area (Å²) in [4.78, 5) is 21.0. The molecule has 6 nitrogen and oxygen atoms in total. The fourth-order valence-electron chi connectivity index (χ4n) is 3.24. The highest BCUT2D eigenvalue weighted by Crippen LogP contribution is 2.19. The molecule has 2 aromatic rings. The quantitative estimate of drug-likeness (QED) is 0.766. The average molecular weight is 403 g/mol. The van der Waals surface area contributed by atoms with Crippen molar-refractivity contribution in [2.24, 2.45) is 0 Å². The summed E-state index contributed by atoms with van der Waals surface area (Å²) in [7, 11) is 0. The number of nitrogens with one attached hydrogen (secondary N) is 1. The van der Waals surface area contributed by atoms with E-state index >= 15 is 0 Å². The molecule has 0 spiro atoms. The summed E-state index contributed by atoms with van der Waals surface area (Å²) in [5, 5.41) is 6.16. The van der Waals surface area contributed by atoms with Crippen molar-refractivity contribution in [3.63, 3.8) is 0 Å². The number of hydrogen-bond donors (Lipinski definition) is 1. The zero-order valence-corrected chi connectivity index (χ0v) is 17.7. The van der Waals surface area contributed by atoms with Crippen molar-refractivity contribution in [3.05, 3.63) is 41.4 Å². The van der Waals surface area contributed by atoms with Gasteiger partial charge < -0.3 is 19.9 Å². The summed E-state index contributed by atoms with van der Waals surface area (Å²) in [5.41, 5.74) is 1.26. The number of urea groups is 1. The standard InChI is InChI=1S/C21H30N4O2S/c1-16(2)27-19-8-6-18(7-9-19)5-4-17(3)23-20(26)24-11-13-25(14-12-24)21-22-10-15-28-21/h6-10,15-17H,4-5,11-14H2,1-3H3,(H,23,26). The van der Waals surface area contributed by atoms with Crippen molar-refractivity contribution in [1.82, 2.24) is 15.2 Å². The Kier molecular flexibility index (Phi) is 7.14. The molecule has 2 heterocycles. The average Bonchev–Trinajstić information content (AvgIpc) is 3.22. The third-order valence-electron chi connectivity index (χ3n) is 4.79. The minimum atomic E-state index is 0.0342. The molecule has 1 unspecified atom stereocenters. The first-order valence-electron chi connectivity index (χ1n) is 9.96. The van der Waals surface area contributed by atoms with Crippen LogP contribution in [0.3, 0.4) is 0 Å². The molecule has 1 saturated heterocycles. The second-order valence-electron chi connectivity index (χ2n) is 7.49. The fourth-order valence-corrected chi connectivity index (χ4v) is 3.93. The molecule has 1 aliphatic heterocycles. The number of carbonyl (C=O) groups excluding carboxylic acids is 1. The highest BCUT2D eigenvalue weighted by atomic mass is 32.1. The number of benzene rings is 1. The predicted octanol–water partition coefficient (Wildman–Crippen LogP) is 3.78. The van der Waals surface area contributed by atoms with Gasteiger partial charge in [-0.1, -0.05) is 12.1 Å². The van der Waals surface area contributed by atoms with Crippen LogP contribution in [-0.4, -0.2) is 54.2 Å². The van der Waals surface area contributed by atoms with Crippen LogP contribution in [0.5, 0.6) is 5.75 Å². The Labute approximate surface area is 171 Å². The topological polar surface area (TPSA) is 57.7 Å². The van der Waals surface area contributed by atoms with Gasteiger partial charge in [-0.2, -0.15) is 0 Å². The Bertz CT molecular complexity index is 725. The largest absolute Gasteiger partial charge is 0.491 e. The van der Waals surface area contributed by atoms with Crippen LogP contribution in [0.15, 0.2) is 35.8 Å². The molecular weight excluding hydrogens is 372 g/mol. The number of hydrogen-bond acceptors (Lipinski definition) is 5. The number of amides is 2. The van der Waals surface area contributed by atoms with Crippen molar-refractivity contribution in [1.29, 1.82) is 0 Å². The van der Waals surface area contributed by atoms with Crippen LogP contribution in [-0.2, 0) is 6.42 Å². The molecule has 1 atom stereocenters. The third kappa shape index (κ3) is 5.86. The first-order valence-corrected chi connectivity index (χ1v) is 10.8. The van der Waals surface area contributed by atoms with E-state index in [4.69, 9.17) is 4.74 Å². The summed E-state index contributed by atoms with van der Waals surface area (Å²) >= 11 is 1.65. The summed E-state index contributed by atoms with van der Waals surface area (Å²) in [6.07, 6.45) is 3.85.